The second-order valence-corrected chi connectivity index (χ2v) is 7.83. The fraction of sp³-hybridized carbons (Fsp3) is 0.417. The summed E-state index contributed by atoms with van der Waals surface area (Å²) < 4.78 is 21.9. The van der Waals surface area contributed by atoms with Crippen molar-refractivity contribution in [2.75, 3.05) is 26.9 Å². The predicted octanol–water partition coefficient (Wildman–Crippen LogP) is 3.84. The van der Waals surface area contributed by atoms with Crippen LogP contribution in [-0.4, -0.2) is 38.8 Å². The number of fused-ring (bicyclic) bond motifs is 1. The summed E-state index contributed by atoms with van der Waals surface area (Å²) in [6.45, 7) is 6.71. The zero-order valence-electron chi connectivity index (χ0n) is 18.4. The summed E-state index contributed by atoms with van der Waals surface area (Å²) in [7, 11) is 1.48. The van der Waals surface area contributed by atoms with Crippen molar-refractivity contribution in [3.8, 4) is 17.2 Å². The van der Waals surface area contributed by atoms with E-state index in [9.17, 15) is 9.59 Å². The van der Waals surface area contributed by atoms with E-state index in [1.807, 2.05) is 45.0 Å². The van der Waals surface area contributed by atoms with Gasteiger partial charge in [0.15, 0.2) is 18.1 Å². The van der Waals surface area contributed by atoms with E-state index in [0.717, 1.165) is 17.5 Å². The number of methoxy groups -OCH3 is 1. The molecule has 0 spiro atoms. The standard InChI is InChI=1S/C24H29NO6/c1-15(2)23(17-7-9-20-21(13-17)30-11-5-10-29-20)25-22(26)14-31-24(27)18-12-16(3)6-8-19(18)28-4/h6-9,12-13,15,23H,5,10-11,14H2,1-4H3,(H,25,26)/t23-/m1/s1. The summed E-state index contributed by atoms with van der Waals surface area (Å²) in [6, 6.07) is 10.6. The van der Waals surface area contributed by atoms with Crippen LogP contribution in [0.2, 0.25) is 0 Å². The van der Waals surface area contributed by atoms with Crippen molar-refractivity contribution in [3.63, 3.8) is 0 Å². The van der Waals surface area contributed by atoms with Crippen LogP contribution in [0.1, 0.15) is 47.8 Å². The van der Waals surface area contributed by atoms with E-state index >= 15 is 0 Å². The molecular formula is C24H29NO6. The minimum atomic E-state index is -0.604. The van der Waals surface area contributed by atoms with Gasteiger partial charge in [0.05, 0.1) is 26.4 Å². The second kappa shape index (κ2) is 10.2. The Kier molecular flexibility index (Phi) is 7.39. The number of aryl methyl sites for hydroxylation is 1. The molecule has 0 aromatic heterocycles. The third-order valence-electron chi connectivity index (χ3n) is 5.02. The Bertz CT molecular complexity index is 940. The number of rotatable bonds is 7. The second-order valence-electron chi connectivity index (χ2n) is 7.83. The lowest BCUT2D eigenvalue weighted by molar-refractivity contribution is -0.125. The van der Waals surface area contributed by atoms with Crippen LogP contribution in [0.3, 0.4) is 0 Å². The van der Waals surface area contributed by atoms with E-state index in [0.29, 0.717) is 36.0 Å². The Morgan fingerprint density at radius 1 is 1.06 bits per heavy atom. The first-order valence-corrected chi connectivity index (χ1v) is 10.4. The molecule has 3 rings (SSSR count). The fourth-order valence-corrected chi connectivity index (χ4v) is 3.41. The number of nitrogens with one attached hydrogen (secondary N) is 1. The van der Waals surface area contributed by atoms with Crippen LogP contribution in [0.15, 0.2) is 36.4 Å². The van der Waals surface area contributed by atoms with E-state index in [4.69, 9.17) is 18.9 Å². The molecule has 166 valence electrons. The van der Waals surface area contributed by atoms with Crippen molar-refractivity contribution < 1.29 is 28.5 Å². The van der Waals surface area contributed by atoms with E-state index in [2.05, 4.69) is 5.32 Å². The summed E-state index contributed by atoms with van der Waals surface area (Å²) in [5, 5.41) is 2.96. The third-order valence-corrected chi connectivity index (χ3v) is 5.02. The highest BCUT2D eigenvalue weighted by Gasteiger charge is 2.22. The zero-order chi connectivity index (χ0) is 22.4. The van der Waals surface area contributed by atoms with Gasteiger partial charge in [-0.3, -0.25) is 4.79 Å². The smallest absolute Gasteiger partial charge is 0.342 e. The van der Waals surface area contributed by atoms with Gasteiger partial charge in [0.2, 0.25) is 0 Å². The highest BCUT2D eigenvalue weighted by Crippen LogP contribution is 2.34. The number of esters is 1. The van der Waals surface area contributed by atoms with Crippen LogP contribution in [0.25, 0.3) is 0 Å². The largest absolute Gasteiger partial charge is 0.496 e. The van der Waals surface area contributed by atoms with Gasteiger partial charge >= 0.3 is 5.97 Å². The van der Waals surface area contributed by atoms with Crippen LogP contribution >= 0.6 is 0 Å². The topological polar surface area (TPSA) is 83.1 Å². The molecule has 1 heterocycles. The molecule has 7 heteroatoms. The van der Waals surface area contributed by atoms with Gasteiger partial charge in [0.25, 0.3) is 5.91 Å². The number of ether oxygens (including phenoxy) is 4. The Morgan fingerprint density at radius 2 is 1.81 bits per heavy atom. The maximum absolute atomic E-state index is 12.6. The highest BCUT2D eigenvalue weighted by molar-refractivity contribution is 5.94. The normalized spacial score (nSPS) is 13.8. The van der Waals surface area contributed by atoms with E-state index < -0.39 is 5.97 Å². The average molecular weight is 427 g/mol. The maximum Gasteiger partial charge on any atom is 0.342 e. The van der Waals surface area contributed by atoms with Crippen LogP contribution in [-0.2, 0) is 9.53 Å². The summed E-state index contributed by atoms with van der Waals surface area (Å²) in [5.74, 6) is 0.909. The molecule has 1 aliphatic rings. The fourth-order valence-electron chi connectivity index (χ4n) is 3.41. The number of carbonyl (C=O) groups excluding carboxylic acids is 2. The van der Waals surface area contributed by atoms with Crippen LogP contribution in [0, 0.1) is 12.8 Å². The van der Waals surface area contributed by atoms with Crippen molar-refractivity contribution in [3.05, 3.63) is 53.1 Å². The Hall–Kier alpha value is -3.22. The minimum Gasteiger partial charge on any atom is -0.496 e. The molecule has 1 atom stereocenters. The molecular weight excluding hydrogens is 398 g/mol. The number of hydrogen-bond acceptors (Lipinski definition) is 6. The predicted molar refractivity (Wildman–Crippen MR) is 116 cm³/mol. The molecule has 2 aromatic carbocycles. The van der Waals surface area contributed by atoms with Crippen molar-refractivity contribution >= 4 is 11.9 Å². The lowest BCUT2D eigenvalue weighted by Gasteiger charge is -2.24. The maximum atomic E-state index is 12.6. The Balaban J connectivity index is 1.66. The monoisotopic (exact) mass is 427 g/mol. The van der Waals surface area contributed by atoms with Gasteiger partial charge in [0.1, 0.15) is 11.3 Å². The SMILES string of the molecule is COc1ccc(C)cc1C(=O)OCC(=O)N[C@@H](c1ccc2c(c1)OCCCO2)C(C)C. The van der Waals surface area contributed by atoms with Gasteiger partial charge < -0.3 is 24.3 Å². The quantitative estimate of drug-likeness (QED) is 0.676. The lowest BCUT2D eigenvalue weighted by Crippen LogP contribution is -2.35. The molecule has 0 bridgehead atoms. The molecule has 1 N–H and O–H groups in total. The summed E-state index contributed by atoms with van der Waals surface area (Å²) in [5.41, 5.74) is 2.09. The van der Waals surface area contributed by atoms with Crippen LogP contribution in [0.4, 0.5) is 0 Å². The molecule has 0 aliphatic carbocycles. The van der Waals surface area contributed by atoms with Crippen molar-refractivity contribution in [2.45, 2.75) is 33.2 Å². The van der Waals surface area contributed by atoms with Crippen LogP contribution < -0.4 is 19.5 Å². The molecule has 2 aromatic rings. The molecule has 0 unspecified atom stereocenters. The van der Waals surface area contributed by atoms with Crippen LogP contribution in [0.5, 0.6) is 17.2 Å². The van der Waals surface area contributed by atoms with Gasteiger partial charge in [-0.15, -0.1) is 0 Å². The van der Waals surface area contributed by atoms with E-state index in [1.165, 1.54) is 7.11 Å². The molecule has 0 fully saturated rings. The summed E-state index contributed by atoms with van der Waals surface area (Å²) >= 11 is 0. The molecule has 31 heavy (non-hydrogen) atoms. The van der Waals surface area contributed by atoms with E-state index in [1.54, 1.807) is 12.1 Å². The van der Waals surface area contributed by atoms with Gasteiger partial charge in [-0.2, -0.15) is 0 Å². The van der Waals surface area contributed by atoms with Crippen molar-refractivity contribution in [2.24, 2.45) is 5.92 Å². The van der Waals surface area contributed by atoms with Gasteiger partial charge in [-0.1, -0.05) is 31.5 Å². The Morgan fingerprint density at radius 3 is 2.52 bits per heavy atom. The summed E-state index contributed by atoms with van der Waals surface area (Å²) in [4.78, 5) is 25.0. The molecule has 1 amide bonds. The van der Waals surface area contributed by atoms with Crippen molar-refractivity contribution in [1.29, 1.82) is 0 Å². The first-order chi connectivity index (χ1) is 14.9. The number of hydrogen-bond donors (Lipinski definition) is 1. The number of carbonyl (C=O) groups is 2. The number of benzene rings is 2. The zero-order valence-corrected chi connectivity index (χ0v) is 18.4. The molecule has 7 nitrogen and oxygen atoms in total. The van der Waals surface area contributed by atoms with E-state index in [-0.39, 0.29) is 24.5 Å². The molecule has 1 aliphatic heterocycles. The van der Waals surface area contributed by atoms with Gasteiger partial charge in [-0.25, -0.2) is 4.79 Å². The molecule has 0 saturated carbocycles. The number of amides is 1. The summed E-state index contributed by atoms with van der Waals surface area (Å²) in [6.07, 6.45) is 0.825. The highest BCUT2D eigenvalue weighted by atomic mass is 16.5. The van der Waals surface area contributed by atoms with Crippen molar-refractivity contribution in [1.82, 2.24) is 5.32 Å². The minimum absolute atomic E-state index is 0.112. The third kappa shape index (κ3) is 5.69. The molecule has 0 saturated heterocycles. The Labute approximate surface area is 182 Å². The van der Waals surface area contributed by atoms with Gasteiger partial charge in [-0.05, 0) is 42.7 Å². The van der Waals surface area contributed by atoms with Gasteiger partial charge in [0, 0.05) is 6.42 Å². The molecule has 0 radical (unpaired) electrons. The lowest BCUT2D eigenvalue weighted by atomic mass is 9.95. The first-order valence-electron chi connectivity index (χ1n) is 10.4. The average Bonchev–Trinajstić information content (AvgIpc) is 3.00. The first kappa shape index (κ1) is 22.5.